The van der Waals surface area contributed by atoms with Crippen molar-refractivity contribution in [3.8, 4) is 5.69 Å². The van der Waals surface area contributed by atoms with Crippen molar-refractivity contribution in [3.63, 3.8) is 0 Å². The molecule has 1 aromatic carbocycles. The molecule has 1 amide bonds. The minimum Gasteiger partial charge on any atom is -0.336 e. The Bertz CT molecular complexity index is 854. The van der Waals surface area contributed by atoms with E-state index in [2.05, 4.69) is 20.5 Å². The van der Waals surface area contributed by atoms with Crippen molar-refractivity contribution >= 4 is 5.91 Å². The van der Waals surface area contributed by atoms with Crippen LogP contribution in [-0.4, -0.2) is 54.8 Å². The molecule has 0 aliphatic carbocycles. The largest absolute Gasteiger partial charge is 0.336 e. The maximum atomic E-state index is 13.0. The first kappa shape index (κ1) is 15.5. The summed E-state index contributed by atoms with van der Waals surface area (Å²) in [7, 11) is 1.95. The van der Waals surface area contributed by atoms with Gasteiger partial charge in [0.2, 0.25) is 0 Å². The molecule has 8 heteroatoms. The van der Waals surface area contributed by atoms with Gasteiger partial charge in [-0.2, -0.15) is 0 Å². The first-order chi connectivity index (χ1) is 12.2. The second kappa shape index (κ2) is 6.48. The van der Waals surface area contributed by atoms with E-state index >= 15 is 0 Å². The third-order valence-electron chi connectivity index (χ3n) is 4.49. The van der Waals surface area contributed by atoms with Crippen LogP contribution in [0.15, 0.2) is 49.3 Å². The fraction of sp³-hybridized carbons (Fsp3) is 0.294. The fourth-order valence-corrected chi connectivity index (χ4v) is 3.15. The molecule has 1 unspecified atom stereocenters. The Labute approximate surface area is 145 Å². The predicted molar refractivity (Wildman–Crippen MR) is 91.2 cm³/mol. The third-order valence-corrected chi connectivity index (χ3v) is 4.49. The van der Waals surface area contributed by atoms with E-state index in [4.69, 9.17) is 0 Å². The van der Waals surface area contributed by atoms with E-state index in [0.717, 1.165) is 18.1 Å². The van der Waals surface area contributed by atoms with Crippen molar-refractivity contribution < 1.29 is 4.79 Å². The molecule has 8 nitrogen and oxygen atoms in total. The summed E-state index contributed by atoms with van der Waals surface area (Å²) in [6.07, 6.45) is 6.93. The molecule has 0 spiro atoms. The molecule has 1 fully saturated rings. The number of rotatable bonds is 3. The van der Waals surface area contributed by atoms with Crippen LogP contribution in [0.1, 0.15) is 22.2 Å². The standard InChI is InChI=1S/C17H19N7O/c1-22-8-7-19-16(22)15-10-18-6-9-24(15)17(25)13-2-4-14(5-3-13)23-11-20-21-12-23/h2-5,7-8,11-12,15,18H,6,9-10H2,1H3. The molecule has 2 aromatic heterocycles. The monoisotopic (exact) mass is 337 g/mol. The molecule has 1 aliphatic rings. The number of amides is 1. The highest BCUT2D eigenvalue weighted by molar-refractivity contribution is 5.94. The Morgan fingerprint density at radius 3 is 2.64 bits per heavy atom. The van der Waals surface area contributed by atoms with Crippen LogP contribution in [0.4, 0.5) is 0 Å². The summed E-state index contributed by atoms with van der Waals surface area (Å²) in [5, 5.41) is 10.9. The Morgan fingerprint density at radius 2 is 1.96 bits per heavy atom. The summed E-state index contributed by atoms with van der Waals surface area (Å²) in [5.74, 6) is 0.909. The van der Waals surface area contributed by atoms with E-state index in [1.165, 1.54) is 0 Å². The van der Waals surface area contributed by atoms with Crippen LogP contribution >= 0.6 is 0 Å². The summed E-state index contributed by atoms with van der Waals surface area (Å²) in [6.45, 7) is 2.14. The van der Waals surface area contributed by atoms with Crippen molar-refractivity contribution in [3.05, 3.63) is 60.7 Å². The zero-order valence-corrected chi connectivity index (χ0v) is 13.9. The molecule has 128 valence electrons. The lowest BCUT2D eigenvalue weighted by Crippen LogP contribution is -2.49. The number of nitrogens with zero attached hydrogens (tertiary/aromatic N) is 6. The number of piperazine rings is 1. The van der Waals surface area contributed by atoms with Gasteiger partial charge >= 0.3 is 0 Å². The zero-order chi connectivity index (χ0) is 17.2. The van der Waals surface area contributed by atoms with Gasteiger partial charge in [-0.3, -0.25) is 9.36 Å². The molecule has 0 saturated carbocycles. The molecule has 0 radical (unpaired) electrons. The topological polar surface area (TPSA) is 80.9 Å². The minimum absolute atomic E-state index is 0.0183. The van der Waals surface area contributed by atoms with Gasteiger partial charge in [0.1, 0.15) is 24.5 Å². The molecule has 1 saturated heterocycles. The zero-order valence-electron chi connectivity index (χ0n) is 13.9. The van der Waals surface area contributed by atoms with E-state index in [1.807, 2.05) is 47.0 Å². The van der Waals surface area contributed by atoms with Gasteiger partial charge in [0.25, 0.3) is 5.91 Å². The van der Waals surface area contributed by atoms with Gasteiger partial charge in [-0.15, -0.1) is 10.2 Å². The van der Waals surface area contributed by atoms with Crippen LogP contribution in [0.25, 0.3) is 5.69 Å². The van der Waals surface area contributed by atoms with E-state index in [-0.39, 0.29) is 11.9 Å². The van der Waals surface area contributed by atoms with E-state index in [9.17, 15) is 4.79 Å². The van der Waals surface area contributed by atoms with Crippen molar-refractivity contribution in [2.75, 3.05) is 19.6 Å². The van der Waals surface area contributed by atoms with Crippen molar-refractivity contribution in [1.29, 1.82) is 0 Å². The molecular formula is C17H19N7O. The van der Waals surface area contributed by atoms with Gasteiger partial charge in [-0.25, -0.2) is 4.98 Å². The molecule has 1 atom stereocenters. The quantitative estimate of drug-likeness (QED) is 0.764. The second-order valence-electron chi connectivity index (χ2n) is 6.03. The molecule has 4 rings (SSSR count). The minimum atomic E-state index is -0.0706. The summed E-state index contributed by atoms with van der Waals surface area (Å²) >= 11 is 0. The van der Waals surface area contributed by atoms with Crippen LogP contribution in [0.5, 0.6) is 0 Å². The van der Waals surface area contributed by atoms with Crippen molar-refractivity contribution in [1.82, 2.24) is 34.5 Å². The van der Waals surface area contributed by atoms with Crippen LogP contribution in [0.3, 0.4) is 0 Å². The number of carbonyl (C=O) groups is 1. The highest BCUT2D eigenvalue weighted by Gasteiger charge is 2.30. The van der Waals surface area contributed by atoms with Gasteiger partial charge in [-0.1, -0.05) is 0 Å². The lowest BCUT2D eigenvalue weighted by atomic mass is 10.1. The molecule has 1 N–H and O–H groups in total. The lowest BCUT2D eigenvalue weighted by Gasteiger charge is -2.35. The number of aryl methyl sites for hydroxylation is 1. The summed E-state index contributed by atoms with van der Waals surface area (Å²) < 4.78 is 3.77. The van der Waals surface area contributed by atoms with Crippen molar-refractivity contribution in [2.45, 2.75) is 6.04 Å². The molecule has 3 aromatic rings. The average molecular weight is 337 g/mol. The number of hydrogen-bond acceptors (Lipinski definition) is 5. The van der Waals surface area contributed by atoms with Gasteiger partial charge in [0.15, 0.2) is 0 Å². The Balaban J connectivity index is 1.59. The van der Waals surface area contributed by atoms with Crippen LogP contribution in [-0.2, 0) is 7.05 Å². The van der Waals surface area contributed by atoms with Gasteiger partial charge in [0, 0.05) is 50.3 Å². The number of carbonyl (C=O) groups excluding carboxylic acids is 1. The number of nitrogens with one attached hydrogen (secondary N) is 1. The predicted octanol–water partition coefficient (Wildman–Crippen LogP) is 0.787. The van der Waals surface area contributed by atoms with Gasteiger partial charge in [0.05, 0.1) is 0 Å². The Morgan fingerprint density at radius 1 is 1.20 bits per heavy atom. The van der Waals surface area contributed by atoms with Crippen LogP contribution in [0.2, 0.25) is 0 Å². The summed E-state index contributed by atoms with van der Waals surface area (Å²) in [5.41, 5.74) is 1.58. The second-order valence-corrected chi connectivity index (χ2v) is 6.03. The van der Waals surface area contributed by atoms with Gasteiger partial charge < -0.3 is 14.8 Å². The fourth-order valence-electron chi connectivity index (χ4n) is 3.15. The normalized spacial score (nSPS) is 17.6. The average Bonchev–Trinajstić information content (AvgIpc) is 3.33. The van der Waals surface area contributed by atoms with E-state index < -0.39 is 0 Å². The maximum absolute atomic E-state index is 13.0. The number of benzene rings is 1. The number of imidazole rings is 1. The highest BCUT2D eigenvalue weighted by Crippen LogP contribution is 2.23. The molecule has 1 aliphatic heterocycles. The first-order valence-electron chi connectivity index (χ1n) is 8.18. The first-order valence-corrected chi connectivity index (χ1v) is 8.18. The third kappa shape index (κ3) is 2.91. The SMILES string of the molecule is Cn1ccnc1C1CNCCN1C(=O)c1ccc(-n2cnnc2)cc1. The smallest absolute Gasteiger partial charge is 0.254 e. The maximum Gasteiger partial charge on any atom is 0.254 e. The van der Waals surface area contributed by atoms with Crippen LogP contribution < -0.4 is 5.32 Å². The summed E-state index contributed by atoms with van der Waals surface area (Å²) in [6, 6.07) is 7.41. The Kier molecular flexibility index (Phi) is 4.02. The lowest BCUT2D eigenvalue weighted by molar-refractivity contribution is 0.0621. The molecular weight excluding hydrogens is 318 g/mol. The van der Waals surface area contributed by atoms with Crippen LogP contribution in [0, 0.1) is 0 Å². The van der Waals surface area contributed by atoms with E-state index in [1.54, 1.807) is 23.4 Å². The van der Waals surface area contributed by atoms with Crippen molar-refractivity contribution in [2.24, 2.45) is 7.05 Å². The Hall–Kier alpha value is -3.00. The molecule has 0 bridgehead atoms. The van der Waals surface area contributed by atoms with E-state index in [0.29, 0.717) is 18.7 Å². The van der Waals surface area contributed by atoms with Gasteiger partial charge in [-0.05, 0) is 24.3 Å². The number of aromatic nitrogens is 5. The molecule has 25 heavy (non-hydrogen) atoms. The molecule has 3 heterocycles. The number of hydrogen-bond donors (Lipinski definition) is 1. The highest BCUT2D eigenvalue weighted by atomic mass is 16.2. The summed E-state index contributed by atoms with van der Waals surface area (Å²) in [4.78, 5) is 19.4.